The molecule has 0 aromatic carbocycles. The maximum absolute atomic E-state index is 13.8. The molecule has 0 atom stereocenters. The Morgan fingerprint density at radius 1 is 0.477 bits per heavy atom. The maximum atomic E-state index is 13.8. The Morgan fingerprint density at radius 2 is 1.00 bits per heavy atom. The highest BCUT2D eigenvalue weighted by Crippen LogP contribution is 2.23. The Kier molecular flexibility index (Phi) is 28.7. The van der Waals surface area contributed by atoms with Crippen molar-refractivity contribution < 1.29 is 67.0 Å². The molecule has 0 saturated carbocycles. The summed E-state index contributed by atoms with van der Waals surface area (Å²) in [5, 5.41) is 32.9. The Bertz CT molecular complexity index is 4710. The number of rotatable bonds is 32. The number of hydrogen-bond acceptors (Lipinski definition) is 19. The zero-order valence-electron chi connectivity index (χ0n) is 63.4. The number of carbonyl (C=O) groups excluding carboxylic acids is 12. The van der Waals surface area contributed by atoms with Crippen molar-refractivity contribution in [3.63, 3.8) is 0 Å². The number of ether oxygens (including phenoxy) is 2. The predicted octanol–water partition coefficient (Wildman–Crippen LogP) is 3.03. The molecule has 7 aromatic heterocycles. The Labute approximate surface area is 639 Å². The van der Waals surface area contributed by atoms with Crippen LogP contribution in [0.3, 0.4) is 0 Å². The lowest BCUT2D eigenvalue weighted by atomic mass is 9.97. The number of aryl methyl sites for hydroxylation is 6. The summed E-state index contributed by atoms with van der Waals surface area (Å²) in [7, 11) is 9.63. The molecule has 38 heteroatoms. The number of aromatic nitrogens is 11. The van der Waals surface area contributed by atoms with Crippen molar-refractivity contribution in [2.75, 3.05) is 103 Å². The summed E-state index contributed by atoms with van der Waals surface area (Å²) < 4.78 is 21.4. The van der Waals surface area contributed by atoms with Crippen LogP contribution in [0.1, 0.15) is 148 Å². The van der Waals surface area contributed by atoms with Gasteiger partial charge in [0.2, 0.25) is 47.0 Å². The molecule has 7 aromatic rings. The van der Waals surface area contributed by atoms with Crippen LogP contribution >= 0.6 is 0 Å². The van der Waals surface area contributed by atoms with E-state index in [-0.39, 0.29) is 154 Å². The molecule has 9 rings (SSSR count). The first kappa shape index (κ1) is 82.2. The van der Waals surface area contributed by atoms with Crippen molar-refractivity contribution in [3.05, 3.63) is 102 Å². The van der Waals surface area contributed by atoms with Crippen molar-refractivity contribution in [1.82, 2.24) is 83.4 Å². The van der Waals surface area contributed by atoms with Gasteiger partial charge in [0, 0.05) is 188 Å². The summed E-state index contributed by atoms with van der Waals surface area (Å²) in [5.74, 6) is 8.16. The van der Waals surface area contributed by atoms with Crippen LogP contribution in [0.25, 0.3) is 0 Å². The lowest BCUT2D eigenvalue weighted by Crippen LogP contribution is -2.40. The highest BCUT2D eigenvalue weighted by atomic mass is 16.6. The number of anilines is 7. The van der Waals surface area contributed by atoms with Crippen LogP contribution in [0.4, 0.5) is 45.1 Å². The minimum atomic E-state index is -0.700. The van der Waals surface area contributed by atoms with E-state index >= 15 is 0 Å². The molecule has 0 unspecified atom stereocenters. The molecule has 12 amide bonds. The van der Waals surface area contributed by atoms with Gasteiger partial charge in [-0.1, -0.05) is 11.8 Å². The fourth-order valence-corrected chi connectivity index (χ4v) is 11.7. The van der Waals surface area contributed by atoms with Crippen LogP contribution in [-0.4, -0.2) is 199 Å². The van der Waals surface area contributed by atoms with Crippen LogP contribution in [0.15, 0.2) is 67.8 Å². The van der Waals surface area contributed by atoms with Crippen molar-refractivity contribution >= 4 is 111 Å². The normalized spacial score (nSPS) is 12.9. The highest BCUT2D eigenvalue weighted by Gasteiger charge is 2.26. The number of likely N-dealkylation sites (tertiary alicyclic amines) is 1. The quantitative estimate of drug-likeness (QED) is 0.0213. The number of hydrogen-bond donors (Lipinski definition) is 12. The summed E-state index contributed by atoms with van der Waals surface area (Å²) in [4.78, 5) is 176. The van der Waals surface area contributed by atoms with E-state index in [4.69, 9.17) is 9.47 Å². The summed E-state index contributed by atoms with van der Waals surface area (Å²) in [6, 6.07) is 4.44. The molecule has 0 radical (unpaired) electrons. The van der Waals surface area contributed by atoms with E-state index in [1.807, 2.05) is 0 Å². The highest BCUT2D eigenvalue weighted by molar-refractivity contribution is 6.06. The molecule has 0 aliphatic carbocycles. The van der Waals surface area contributed by atoms with E-state index < -0.39 is 70.8 Å². The van der Waals surface area contributed by atoms with Gasteiger partial charge >= 0.3 is 6.09 Å². The summed E-state index contributed by atoms with van der Waals surface area (Å²) in [6.07, 6.45) is 14.6. The van der Waals surface area contributed by atoms with Gasteiger partial charge in [0.05, 0.1) is 30.3 Å². The van der Waals surface area contributed by atoms with Crippen LogP contribution in [-0.2, 0) is 82.3 Å². The van der Waals surface area contributed by atoms with Crippen LogP contribution in [0.2, 0.25) is 0 Å². The van der Waals surface area contributed by atoms with Crippen molar-refractivity contribution in [1.29, 1.82) is 0 Å². The number of nitrogens with zero attached hydrogens (tertiary/aromatic N) is 12. The predicted molar refractivity (Wildman–Crippen MR) is 407 cm³/mol. The third-order valence-electron chi connectivity index (χ3n) is 17.4. The van der Waals surface area contributed by atoms with Gasteiger partial charge in [-0.05, 0) is 89.9 Å². The van der Waals surface area contributed by atoms with Gasteiger partial charge < -0.3 is 110 Å². The summed E-state index contributed by atoms with van der Waals surface area (Å²) in [5.41, 5.74) is 0.463. The third kappa shape index (κ3) is 24.9. The van der Waals surface area contributed by atoms with Crippen molar-refractivity contribution in [2.24, 2.45) is 54.1 Å². The zero-order chi connectivity index (χ0) is 79.9. The topological polar surface area (TPSA) is 457 Å². The van der Waals surface area contributed by atoms with Gasteiger partial charge in [0.15, 0.2) is 23.3 Å². The Hall–Kier alpha value is -12.8. The lowest BCUT2D eigenvalue weighted by Gasteiger charge is -2.29. The molecule has 590 valence electrons. The number of amides is 12. The van der Waals surface area contributed by atoms with E-state index in [0.717, 1.165) is 38.8 Å². The SMILES string of the molecule is Cn1cc(NC(=O)c2nccn2C)cc1NC(=O)CCC(=O)Nc1cn(C)c(C(=O)Nc2cc(C(=O)NCCCC(=O)Nc3cn(C)c(C(=O)NCCC(=O)Nc4cc(C(=O)Nc5cn(C)c(C(=O)NCCC(=O)N6CCC(C#CC#CC7CCNCC7)CC6)n5)n(C)c4)n3)n(CCOCCNC(=O)OC(C)(C)C)c2)n1. The van der Waals surface area contributed by atoms with E-state index in [2.05, 4.69) is 107 Å². The molecule has 0 bridgehead atoms. The average Bonchev–Trinajstić information content (AvgIpc) is 1.68. The second-order valence-corrected chi connectivity index (χ2v) is 27.5. The van der Waals surface area contributed by atoms with Gasteiger partial charge in [0.25, 0.3) is 35.4 Å². The monoisotopic (exact) mass is 1530 g/mol. The standard InChI is InChI=1S/C73H94N24O14/c1-73(2,3)111-72(109)79-30-35-110-36-34-97-42-49(81-71(108)65-86-54(44-95(65)9)84-58(99)16-17-59(100)89-56-39-50(41-92(56)6)82-70(107)62-75-29-33-90(62)4)38-52(97)66(103)76-24-12-15-57(98)83-53-43-93(7)63(85-53)68(105)77-27-20-60(101)80-48-37-51(91(5)40-48)67(104)88-55-45-94(8)64(87-55)69(106)78-28-21-61(102)96-31-22-47(23-32-96)14-11-10-13-46-18-25-74-26-19-46/h29,33,37-47,74H,12,15-28,30-32,34-36H2,1-9H3,(H,76,103)(H,77,105)(H,78,106)(H,79,109)(H,80,101)(H,81,108)(H,82,107)(H,83,98)(H,84,99)(H,88,104)(H,89,100). The number of carbonyl (C=O) groups is 12. The van der Waals surface area contributed by atoms with Gasteiger partial charge in [-0.15, -0.1) is 0 Å². The van der Waals surface area contributed by atoms with Gasteiger partial charge in [0.1, 0.15) is 22.8 Å². The minimum Gasteiger partial charge on any atom is -0.444 e. The number of imidazole rings is 4. The fraction of sp³-hybridized carbons (Fsp3) is 0.452. The Balaban J connectivity index is 0.677. The molecule has 111 heavy (non-hydrogen) atoms. The fourth-order valence-electron chi connectivity index (χ4n) is 11.7. The van der Waals surface area contributed by atoms with Crippen LogP contribution in [0, 0.1) is 35.5 Å². The average molecular weight is 1530 g/mol. The van der Waals surface area contributed by atoms with E-state index in [0.29, 0.717) is 36.2 Å². The number of alkyl carbamates (subject to hydrolysis) is 1. The number of nitrogens with one attached hydrogen (secondary N) is 12. The van der Waals surface area contributed by atoms with Crippen LogP contribution < -0.4 is 63.8 Å². The lowest BCUT2D eigenvalue weighted by molar-refractivity contribution is -0.132. The molecule has 2 aliphatic heterocycles. The molecule has 0 spiro atoms. The molecular formula is C73H94N24O14. The summed E-state index contributed by atoms with van der Waals surface area (Å²) in [6.45, 7) is 8.76. The first-order valence-electron chi connectivity index (χ1n) is 36.1. The zero-order valence-corrected chi connectivity index (χ0v) is 63.4. The maximum Gasteiger partial charge on any atom is 0.407 e. The van der Waals surface area contributed by atoms with Gasteiger partial charge in [-0.2, -0.15) is 0 Å². The van der Waals surface area contributed by atoms with Gasteiger partial charge in [-0.25, -0.2) is 24.7 Å². The largest absolute Gasteiger partial charge is 0.444 e. The third-order valence-corrected chi connectivity index (χ3v) is 17.4. The Morgan fingerprint density at radius 3 is 1.61 bits per heavy atom. The number of piperidine rings is 2. The van der Waals surface area contributed by atoms with Crippen LogP contribution in [0.5, 0.6) is 0 Å². The minimum absolute atomic E-state index is 0.0118. The molecular weight excluding hydrogens is 1440 g/mol. The summed E-state index contributed by atoms with van der Waals surface area (Å²) >= 11 is 0. The molecule has 12 N–H and O–H groups in total. The first-order valence-corrected chi connectivity index (χ1v) is 36.1. The molecule has 2 fully saturated rings. The van der Waals surface area contributed by atoms with Crippen molar-refractivity contribution in [2.45, 2.75) is 97.1 Å². The van der Waals surface area contributed by atoms with Crippen molar-refractivity contribution in [3.8, 4) is 23.7 Å². The molecule has 2 saturated heterocycles. The van der Waals surface area contributed by atoms with E-state index in [9.17, 15) is 57.5 Å². The van der Waals surface area contributed by atoms with Gasteiger partial charge in [-0.3, -0.25) is 52.7 Å². The smallest absolute Gasteiger partial charge is 0.407 e. The van der Waals surface area contributed by atoms with E-state index in [1.54, 1.807) is 93.1 Å². The van der Waals surface area contributed by atoms with E-state index in [1.165, 1.54) is 74.6 Å². The molecule has 9 heterocycles. The second kappa shape index (κ2) is 38.8. The molecule has 2 aliphatic rings. The second-order valence-electron chi connectivity index (χ2n) is 27.5. The first-order chi connectivity index (χ1) is 53.0. The molecule has 38 nitrogen and oxygen atoms in total.